The zero-order chi connectivity index (χ0) is 20.0. The highest BCUT2D eigenvalue weighted by atomic mass is 16.2. The average molecular weight is 390 g/mol. The van der Waals surface area contributed by atoms with E-state index in [0.717, 1.165) is 37.7 Å². The molecule has 0 saturated heterocycles. The highest BCUT2D eigenvalue weighted by Gasteiger charge is 2.61. The lowest BCUT2D eigenvalue weighted by Gasteiger charge is -2.49. The average Bonchev–Trinajstić information content (AvgIpc) is 2.94. The largest absolute Gasteiger partial charge is 0.347 e. The van der Waals surface area contributed by atoms with Crippen molar-refractivity contribution in [2.75, 3.05) is 0 Å². The van der Waals surface area contributed by atoms with E-state index in [1.54, 1.807) is 18.5 Å². The summed E-state index contributed by atoms with van der Waals surface area (Å²) in [4.78, 5) is 33.9. The monoisotopic (exact) mass is 390 g/mol. The zero-order valence-electron chi connectivity index (χ0n) is 16.6. The van der Waals surface area contributed by atoms with E-state index in [0.29, 0.717) is 29.1 Å². The van der Waals surface area contributed by atoms with E-state index in [1.807, 2.05) is 31.2 Å². The van der Waals surface area contributed by atoms with Gasteiger partial charge in [-0.15, -0.1) is 0 Å². The minimum absolute atomic E-state index is 0.0810. The van der Waals surface area contributed by atoms with Gasteiger partial charge in [0.05, 0.1) is 0 Å². The molecule has 2 bridgehead atoms. The first-order valence-corrected chi connectivity index (χ1v) is 10.5. The van der Waals surface area contributed by atoms with Crippen LogP contribution in [0, 0.1) is 24.7 Å². The summed E-state index contributed by atoms with van der Waals surface area (Å²) in [7, 11) is 0. The van der Waals surface area contributed by atoms with Crippen molar-refractivity contribution in [3.63, 3.8) is 0 Å². The van der Waals surface area contributed by atoms with Gasteiger partial charge in [0, 0.05) is 24.0 Å². The van der Waals surface area contributed by atoms with Crippen LogP contribution >= 0.6 is 0 Å². The lowest BCUT2D eigenvalue weighted by molar-refractivity contribution is 0.0269. The van der Waals surface area contributed by atoms with Crippen molar-refractivity contribution in [2.24, 2.45) is 17.8 Å². The molecule has 2 aromatic rings. The molecule has 3 saturated carbocycles. The van der Waals surface area contributed by atoms with Crippen LogP contribution in [0.25, 0.3) is 0 Å². The SMILES string of the molecule is Cc1ccnc(C(=O)NC23CCCC4C(C2)C(C3)C4NC(=O)c2ccccn2)c1. The standard InChI is InChI=1S/C23H26N4O2/c1-14-7-10-25-19(11-14)22(29)27-23-8-4-5-15-16(12-23)17(13-23)20(15)26-21(28)18-6-2-3-9-24-18/h2-3,6-7,9-11,15-17,20H,4-5,8,12-13H2,1H3,(H,26,28)(H,27,29). The number of carbonyl (C=O) groups is 2. The fourth-order valence-electron chi connectivity index (χ4n) is 5.93. The Labute approximate surface area is 170 Å². The number of fused-ring (bicyclic) bond motifs is 1. The maximum Gasteiger partial charge on any atom is 0.270 e. The van der Waals surface area contributed by atoms with Gasteiger partial charge >= 0.3 is 0 Å². The van der Waals surface area contributed by atoms with Crippen LogP contribution in [0.5, 0.6) is 0 Å². The number of rotatable bonds is 4. The molecule has 5 rings (SSSR count). The highest BCUT2D eigenvalue weighted by molar-refractivity contribution is 5.93. The van der Waals surface area contributed by atoms with Gasteiger partial charge in [-0.3, -0.25) is 19.6 Å². The Bertz CT molecular complexity index is 947. The first kappa shape index (κ1) is 18.3. The molecule has 0 aliphatic heterocycles. The fourth-order valence-corrected chi connectivity index (χ4v) is 5.93. The van der Waals surface area contributed by atoms with Crippen LogP contribution in [-0.4, -0.2) is 33.4 Å². The van der Waals surface area contributed by atoms with Crippen LogP contribution in [0.15, 0.2) is 42.7 Å². The molecule has 0 spiro atoms. The van der Waals surface area contributed by atoms with E-state index in [4.69, 9.17) is 0 Å². The molecule has 5 atom stereocenters. The number of aryl methyl sites for hydroxylation is 1. The van der Waals surface area contributed by atoms with E-state index in [2.05, 4.69) is 20.6 Å². The van der Waals surface area contributed by atoms with Gasteiger partial charge < -0.3 is 10.6 Å². The third kappa shape index (κ3) is 3.20. The fraction of sp³-hybridized carbons (Fsp3) is 0.478. The summed E-state index contributed by atoms with van der Waals surface area (Å²) in [5.74, 6) is 1.34. The molecule has 6 heteroatoms. The molecule has 6 nitrogen and oxygen atoms in total. The first-order chi connectivity index (χ1) is 14.0. The van der Waals surface area contributed by atoms with Gasteiger partial charge in [0.1, 0.15) is 11.4 Å². The summed E-state index contributed by atoms with van der Waals surface area (Å²) in [5.41, 5.74) is 1.82. The quantitative estimate of drug-likeness (QED) is 0.841. The number of amides is 2. The lowest BCUT2D eigenvalue weighted by atomic mass is 9.60. The lowest BCUT2D eigenvalue weighted by Crippen LogP contribution is -2.58. The molecule has 3 aliphatic carbocycles. The number of nitrogens with zero attached hydrogens (tertiary/aromatic N) is 2. The molecule has 2 amide bonds. The minimum atomic E-state index is -0.170. The zero-order valence-corrected chi connectivity index (χ0v) is 16.6. The summed E-state index contributed by atoms with van der Waals surface area (Å²) in [6.45, 7) is 1.97. The second-order valence-corrected chi connectivity index (χ2v) is 8.96. The molecule has 2 aromatic heterocycles. The predicted molar refractivity (Wildman–Crippen MR) is 108 cm³/mol. The van der Waals surface area contributed by atoms with Gasteiger partial charge in [0.2, 0.25) is 0 Å². The number of carbonyl (C=O) groups excluding carboxylic acids is 2. The van der Waals surface area contributed by atoms with Crippen molar-refractivity contribution >= 4 is 11.8 Å². The molecule has 150 valence electrons. The van der Waals surface area contributed by atoms with Gasteiger partial charge in [-0.25, -0.2) is 0 Å². The number of hydrogen-bond acceptors (Lipinski definition) is 4. The summed E-state index contributed by atoms with van der Waals surface area (Å²) in [6.07, 6.45) is 8.46. The minimum Gasteiger partial charge on any atom is -0.347 e. The van der Waals surface area contributed by atoms with Gasteiger partial charge in [-0.1, -0.05) is 12.5 Å². The van der Waals surface area contributed by atoms with Crippen LogP contribution in [0.3, 0.4) is 0 Å². The normalized spacial score (nSPS) is 32.0. The first-order valence-electron chi connectivity index (χ1n) is 10.5. The van der Waals surface area contributed by atoms with E-state index >= 15 is 0 Å². The second kappa shape index (κ2) is 6.94. The Morgan fingerprint density at radius 3 is 2.62 bits per heavy atom. The van der Waals surface area contributed by atoms with Crippen LogP contribution in [0.4, 0.5) is 0 Å². The predicted octanol–water partition coefficient (Wildman–Crippen LogP) is 2.89. The van der Waals surface area contributed by atoms with Crippen molar-refractivity contribution in [2.45, 2.75) is 50.6 Å². The number of hydrogen-bond donors (Lipinski definition) is 2. The van der Waals surface area contributed by atoms with E-state index in [1.165, 1.54) is 0 Å². The van der Waals surface area contributed by atoms with Crippen molar-refractivity contribution < 1.29 is 9.59 Å². The number of aromatic nitrogens is 2. The van der Waals surface area contributed by atoms with Crippen molar-refractivity contribution in [1.82, 2.24) is 20.6 Å². The maximum absolute atomic E-state index is 12.9. The molecule has 3 aliphatic rings. The number of pyridine rings is 2. The Morgan fingerprint density at radius 1 is 1.00 bits per heavy atom. The van der Waals surface area contributed by atoms with Crippen molar-refractivity contribution in [3.05, 3.63) is 59.7 Å². The van der Waals surface area contributed by atoms with E-state index in [9.17, 15) is 9.59 Å². The van der Waals surface area contributed by atoms with Gasteiger partial charge in [0.15, 0.2) is 0 Å². The Kier molecular flexibility index (Phi) is 4.37. The van der Waals surface area contributed by atoms with Crippen LogP contribution in [0.1, 0.15) is 58.6 Å². The third-order valence-electron chi connectivity index (χ3n) is 7.19. The van der Waals surface area contributed by atoms with E-state index in [-0.39, 0.29) is 23.4 Å². The number of nitrogens with one attached hydrogen (secondary N) is 2. The molecular formula is C23H26N4O2. The highest BCUT2D eigenvalue weighted by Crippen LogP contribution is 2.60. The smallest absolute Gasteiger partial charge is 0.270 e. The van der Waals surface area contributed by atoms with Gasteiger partial charge in [-0.2, -0.15) is 0 Å². The topological polar surface area (TPSA) is 84.0 Å². The molecule has 3 fully saturated rings. The maximum atomic E-state index is 12.9. The summed E-state index contributed by atoms with van der Waals surface area (Å²) >= 11 is 0. The molecule has 2 heterocycles. The Morgan fingerprint density at radius 2 is 1.83 bits per heavy atom. The van der Waals surface area contributed by atoms with Crippen molar-refractivity contribution in [1.29, 1.82) is 0 Å². The summed E-state index contributed by atoms with van der Waals surface area (Å²) < 4.78 is 0. The summed E-state index contributed by atoms with van der Waals surface area (Å²) in [5, 5.41) is 6.59. The molecule has 0 radical (unpaired) electrons. The van der Waals surface area contributed by atoms with Crippen LogP contribution in [-0.2, 0) is 0 Å². The molecule has 5 unspecified atom stereocenters. The molecular weight excluding hydrogens is 364 g/mol. The summed E-state index contributed by atoms with van der Waals surface area (Å²) in [6, 6.07) is 9.32. The van der Waals surface area contributed by atoms with Crippen LogP contribution in [0.2, 0.25) is 0 Å². The van der Waals surface area contributed by atoms with Gasteiger partial charge in [-0.05, 0) is 80.2 Å². The van der Waals surface area contributed by atoms with Crippen LogP contribution < -0.4 is 10.6 Å². The Hall–Kier alpha value is -2.76. The molecule has 2 N–H and O–H groups in total. The second-order valence-electron chi connectivity index (χ2n) is 8.96. The molecule has 0 aromatic carbocycles. The Balaban J connectivity index is 1.30. The van der Waals surface area contributed by atoms with E-state index < -0.39 is 0 Å². The van der Waals surface area contributed by atoms with Gasteiger partial charge in [0.25, 0.3) is 11.8 Å². The molecule has 29 heavy (non-hydrogen) atoms. The van der Waals surface area contributed by atoms with Crippen molar-refractivity contribution in [3.8, 4) is 0 Å². The third-order valence-corrected chi connectivity index (χ3v) is 7.19.